The SMILES string of the molecule is CC(C)(C)OC(=O)NC(=N)c1ccc(OCCCC2CCN(CCCO)CC2)cc1.N=C(N)c1ccc(OCCCC2CCN(CCCO)CC2)cc1. The van der Waals surface area contributed by atoms with Crippen molar-refractivity contribution in [2.24, 2.45) is 17.6 Å². The number of amides is 1. The van der Waals surface area contributed by atoms with Gasteiger partial charge in [-0.05, 0) is 172 Å². The number of hydrogen-bond acceptors (Lipinski definition) is 10. The Morgan fingerprint density at radius 2 is 1.15 bits per heavy atom. The van der Waals surface area contributed by atoms with Gasteiger partial charge in [0.2, 0.25) is 0 Å². The molecular formula is C41H66N6O6. The summed E-state index contributed by atoms with van der Waals surface area (Å²) in [6.45, 7) is 14.0. The lowest BCUT2D eigenvalue weighted by atomic mass is 9.92. The highest BCUT2D eigenvalue weighted by atomic mass is 16.6. The Labute approximate surface area is 317 Å². The minimum absolute atomic E-state index is 0.00105. The number of ether oxygens (including phenoxy) is 3. The van der Waals surface area contributed by atoms with Gasteiger partial charge >= 0.3 is 6.09 Å². The van der Waals surface area contributed by atoms with Crippen molar-refractivity contribution in [1.82, 2.24) is 15.1 Å². The lowest BCUT2D eigenvalue weighted by molar-refractivity contribution is 0.0563. The fourth-order valence-electron chi connectivity index (χ4n) is 6.64. The second-order valence-electron chi connectivity index (χ2n) is 15.2. The van der Waals surface area contributed by atoms with Crippen LogP contribution in [0.4, 0.5) is 4.79 Å². The smallest absolute Gasteiger partial charge is 0.413 e. The summed E-state index contributed by atoms with van der Waals surface area (Å²) in [5.41, 5.74) is 6.16. The summed E-state index contributed by atoms with van der Waals surface area (Å²) in [6.07, 6.45) is 10.6. The van der Waals surface area contributed by atoms with Gasteiger partial charge < -0.3 is 40.0 Å². The molecule has 2 aliphatic rings. The van der Waals surface area contributed by atoms with E-state index in [1.165, 1.54) is 38.5 Å². The maximum absolute atomic E-state index is 11.8. The van der Waals surface area contributed by atoms with Crippen LogP contribution in [0.5, 0.6) is 11.5 Å². The monoisotopic (exact) mass is 739 g/mol. The van der Waals surface area contributed by atoms with Gasteiger partial charge in [-0.1, -0.05) is 0 Å². The van der Waals surface area contributed by atoms with E-state index in [4.69, 9.17) is 41.0 Å². The van der Waals surface area contributed by atoms with E-state index in [0.29, 0.717) is 18.8 Å². The fourth-order valence-corrected chi connectivity index (χ4v) is 6.64. The molecule has 0 spiro atoms. The third-order valence-electron chi connectivity index (χ3n) is 9.66. The molecule has 0 aromatic heterocycles. The van der Waals surface area contributed by atoms with Crippen molar-refractivity contribution in [3.63, 3.8) is 0 Å². The number of rotatable bonds is 18. The van der Waals surface area contributed by atoms with E-state index in [9.17, 15) is 4.79 Å². The van der Waals surface area contributed by atoms with Gasteiger partial charge in [0, 0.05) is 37.4 Å². The van der Waals surface area contributed by atoms with Crippen LogP contribution in [0.3, 0.4) is 0 Å². The van der Waals surface area contributed by atoms with E-state index in [2.05, 4.69) is 15.1 Å². The molecule has 4 rings (SSSR count). The van der Waals surface area contributed by atoms with E-state index >= 15 is 0 Å². The highest BCUT2D eigenvalue weighted by Crippen LogP contribution is 2.24. The van der Waals surface area contributed by atoms with Crippen LogP contribution in [-0.4, -0.2) is 109 Å². The molecule has 2 saturated heterocycles. The average molecular weight is 739 g/mol. The standard InChI is InChI=1S/C23H37N3O4.C18H29N3O2/c1-23(2,3)30-22(28)25-21(24)19-7-9-20(10-8-19)29-17-4-6-18-11-14-26(15-12-18)13-5-16-27;19-18(20)16-4-6-17(7-5-16)23-14-1-3-15-8-11-21(12-9-15)10-2-13-22/h7-10,18,27H,4-6,11-17H2,1-3H3,(H2,24,25,28);4-7,15,22H,1-3,8-14H2,(H3,19,20). The van der Waals surface area contributed by atoms with Gasteiger partial charge in [-0.2, -0.15) is 0 Å². The first kappa shape index (κ1) is 43.7. The summed E-state index contributed by atoms with van der Waals surface area (Å²) in [5.74, 6) is 3.27. The first-order valence-corrected chi connectivity index (χ1v) is 19.5. The quantitative estimate of drug-likeness (QED) is 0.0607. The summed E-state index contributed by atoms with van der Waals surface area (Å²) >= 11 is 0. The minimum atomic E-state index is -0.632. The molecule has 0 saturated carbocycles. The molecule has 0 aliphatic carbocycles. The number of nitrogen functional groups attached to an aromatic ring is 1. The number of amidine groups is 2. The zero-order chi connectivity index (χ0) is 38.5. The third kappa shape index (κ3) is 18.3. The van der Waals surface area contributed by atoms with Crippen molar-refractivity contribution in [2.75, 3.05) is 65.7 Å². The van der Waals surface area contributed by atoms with Crippen molar-refractivity contribution >= 4 is 17.8 Å². The Balaban J connectivity index is 0.000000295. The van der Waals surface area contributed by atoms with Crippen LogP contribution in [0.1, 0.15) is 96.1 Å². The predicted octanol–water partition coefficient (Wildman–Crippen LogP) is 6.01. The van der Waals surface area contributed by atoms with E-state index in [1.807, 2.05) is 36.4 Å². The predicted molar refractivity (Wildman–Crippen MR) is 211 cm³/mol. The molecule has 0 bridgehead atoms. The molecule has 12 heteroatoms. The number of nitrogens with two attached hydrogens (primary N) is 1. The Kier molecular flexibility index (Phi) is 19.7. The molecule has 2 aromatic rings. The zero-order valence-corrected chi connectivity index (χ0v) is 32.4. The van der Waals surface area contributed by atoms with Crippen LogP contribution < -0.4 is 20.5 Å². The molecule has 53 heavy (non-hydrogen) atoms. The largest absolute Gasteiger partial charge is 0.494 e. The van der Waals surface area contributed by atoms with E-state index < -0.39 is 11.7 Å². The molecule has 7 N–H and O–H groups in total. The molecule has 2 aromatic carbocycles. The first-order chi connectivity index (χ1) is 25.5. The summed E-state index contributed by atoms with van der Waals surface area (Å²) in [5, 5.41) is 35.6. The van der Waals surface area contributed by atoms with Crippen molar-refractivity contribution in [3.8, 4) is 11.5 Å². The number of benzene rings is 2. The average Bonchev–Trinajstić information content (AvgIpc) is 3.14. The molecule has 0 unspecified atom stereocenters. The second-order valence-corrected chi connectivity index (χ2v) is 15.2. The Bertz CT molecular complexity index is 1330. The number of aliphatic hydroxyl groups is 2. The van der Waals surface area contributed by atoms with Crippen LogP contribution >= 0.6 is 0 Å². The zero-order valence-electron chi connectivity index (χ0n) is 32.4. The van der Waals surface area contributed by atoms with Crippen LogP contribution in [0.25, 0.3) is 0 Å². The highest BCUT2D eigenvalue weighted by Gasteiger charge is 2.20. The van der Waals surface area contributed by atoms with Gasteiger partial charge in [0.15, 0.2) is 0 Å². The maximum Gasteiger partial charge on any atom is 0.413 e. The van der Waals surface area contributed by atoms with Gasteiger partial charge in [-0.25, -0.2) is 4.79 Å². The number of alkyl carbamates (subject to hydrolysis) is 1. The molecule has 0 radical (unpaired) electrons. The van der Waals surface area contributed by atoms with Gasteiger partial charge in [0.25, 0.3) is 0 Å². The number of carbonyl (C=O) groups is 1. The van der Waals surface area contributed by atoms with Gasteiger partial charge in [-0.15, -0.1) is 0 Å². The first-order valence-electron chi connectivity index (χ1n) is 19.5. The minimum Gasteiger partial charge on any atom is -0.494 e. The molecule has 1 amide bonds. The third-order valence-corrected chi connectivity index (χ3v) is 9.66. The molecule has 2 fully saturated rings. The number of carbonyl (C=O) groups excluding carboxylic acids is 1. The normalized spacial score (nSPS) is 15.9. The Hall–Kier alpha value is -3.71. The van der Waals surface area contributed by atoms with E-state index in [0.717, 1.165) is 100 Å². The van der Waals surface area contributed by atoms with E-state index in [1.54, 1.807) is 32.9 Å². The number of piperidine rings is 2. The van der Waals surface area contributed by atoms with Crippen molar-refractivity contribution < 1.29 is 29.2 Å². The molecule has 0 atom stereocenters. The van der Waals surface area contributed by atoms with Crippen molar-refractivity contribution in [1.29, 1.82) is 10.8 Å². The lowest BCUT2D eigenvalue weighted by Crippen LogP contribution is -2.36. The topological polar surface area (TPSA) is 177 Å². The fraction of sp³-hybridized carbons (Fsp3) is 0.634. The molecule has 2 heterocycles. The number of aliphatic hydroxyl groups excluding tert-OH is 2. The van der Waals surface area contributed by atoms with Gasteiger partial charge in [0.1, 0.15) is 28.8 Å². The molecule has 296 valence electrons. The second kappa shape index (κ2) is 23.9. The van der Waals surface area contributed by atoms with Crippen molar-refractivity contribution in [2.45, 2.75) is 90.6 Å². The van der Waals surface area contributed by atoms with Gasteiger partial charge in [-0.3, -0.25) is 16.1 Å². The Morgan fingerprint density at radius 3 is 1.53 bits per heavy atom. The number of likely N-dealkylation sites (tertiary alicyclic amines) is 2. The number of nitrogens with one attached hydrogen (secondary N) is 3. The van der Waals surface area contributed by atoms with Crippen LogP contribution in [0.2, 0.25) is 0 Å². The summed E-state index contributed by atoms with van der Waals surface area (Å²) in [6, 6.07) is 14.5. The molecule has 12 nitrogen and oxygen atoms in total. The van der Waals surface area contributed by atoms with Gasteiger partial charge in [0.05, 0.1) is 13.2 Å². The lowest BCUT2D eigenvalue weighted by Gasteiger charge is -2.31. The van der Waals surface area contributed by atoms with Crippen LogP contribution in [0, 0.1) is 22.7 Å². The number of nitrogens with zero attached hydrogens (tertiary/aromatic N) is 2. The summed E-state index contributed by atoms with van der Waals surface area (Å²) in [4.78, 5) is 16.7. The molecular weight excluding hydrogens is 672 g/mol. The van der Waals surface area contributed by atoms with Crippen molar-refractivity contribution in [3.05, 3.63) is 59.7 Å². The Morgan fingerprint density at radius 1 is 0.736 bits per heavy atom. The van der Waals surface area contributed by atoms with Crippen LogP contribution in [-0.2, 0) is 4.74 Å². The summed E-state index contributed by atoms with van der Waals surface area (Å²) < 4.78 is 16.8. The highest BCUT2D eigenvalue weighted by molar-refractivity contribution is 6.04. The number of hydrogen-bond donors (Lipinski definition) is 6. The van der Waals surface area contributed by atoms with Crippen LogP contribution in [0.15, 0.2) is 48.5 Å². The van der Waals surface area contributed by atoms with E-state index in [-0.39, 0.29) is 18.3 Å². The summed E-state index contributed by atoms with van der Waals surface area (Å²) in [7, 11) is 0. The molecule has 2 aliphatic heterocycles. The maximum atomic E-state index is 11.8.